The molecule has 3 aromatic carbocycles. The summed E-state index contributed by atoms with van der Waals surface area (Å²) in [5.41, 5.74) is 6.15. The van der Waals surface area contributed by atoms with E-state index in [4.69, 9.17) is 0 Å². The lowest BCUT2D eigenvalue weighted by molar-refractivity contribution is 0.635. The molecule has 0 amide bonds. The molecule has 0 spiro atoms. The molecule has 0 heterocycles. The summed E-state index contributed by atoms with van der Waals surface area (Å²) in [7, 11) is 0. The Morgan fingerprint density at radius 2 is 1.37 bits per heavy atom. The first kappa shape index (κ1) is 10.4. The summed E-state index contributed by atoms with van der Waals surface area (Å²) in [5.74, 6) is 1.21. The second-order valence-electron chi connectivity index (χ2n) is 5.52. The SMILES string of the molecule is Ic1ccc2c(c1)[C@@H]1c3cccc4cccc(c34)[C@H]21. The Hall–Kier alpha value is -1.35. The molecule has 2 aliphatic rings. The van der Waals surface area contributed by atoms with Gasteiger partial charge in [0.2, 0.25) is 0 Å². The predicted octanol–water partition coefficient (Wildman–Crippen LogP) is 5.04. The molecule has 0 nitrogen and oxygen atoms in total. The Labute approximate surface area is 125 Å². The fourth-order valence-corrected chi connectivity index (χ4v) is 4.49. The van der Waals surface area contributed by atoms with Crippen molar-refractivity contribution in [2.45, 2.75) is 11.8 Å². The van der Waals surface area contributed by atoms with E-state index in [-0.39, 0.29) is 0 Å². The van der Waals surface area contributed by atoms with Crippen LogP contribution in [-0.4, -0.2) is 0 Å². The third-order valence-corrected chi connectivity index (χ3v) is 5.36. The lowest BCUT2D eigenvalue weighted by atomic mass is 9.67. The first-order valence-electron chi connectivity index (χ1n) is 6.65. The van der Waals surface area contributed by atoms with Crippen LogP contribution in [0.1, 0.15) is 34.1 Å². The van der Waals surface area contributed by atoms with E-state index in [1.165, 1.54) is 31.0 Å². The zero-order chi connectivity index (χ0) is 12.6. The van der Waals surface area contributed by atoms with E-state index >= 15 is 0 Å². The monoisotopic (exact) mass is 354 g/mol. The van der Waals surface area contributed by atoms with Gasteiger partial charge >= 0.3 is 0 Å². The van der Waals surface area contributed by atoms with Crippen LogP contribution in [0, 0.1) is 3.57 Å². The van der Waals surface area contributed by atoms with Gasteiger partial charge in [0.25, 0.3) is 0 Å². The normalized spacial score (nSPS) is 21.9. The van der Waals surface area contributed by atoms with Gasteiger partial charge in [-0.3, -0.25) is 0 Å². The smallest absolute Gasteiger partial charge is 0.0209 e. The highest BCUT2D eigenvalue weighted by Crippen LogP contribution is 2.61. The van der Waals surface area contributed by atoms with Gasteiger partial charge in [-0.1, -0.05) is 42.5 Å². The molecular formula is C18H11I. The molecule has 0 fully saturated rings. The molecule has 5 rings (SSSR count). The number of rotatable bonds is 0. The van der Waals surface area contributed by atoms with Crippen molar-refractivity contribution < 1.29 is 0 Å². The fourth-order valence-electron chi connectivity index (χ4n) is 3.97. The summed E-state index contributed by atoms with van der Waals surface area (Å²) >= 11 is 2.42. The van der Waals surface area contributed by atoms with Gasteiger partial charge in [-0.05, 0) is 67.7 Å². The van der Waals surface area contributed by atoms with Crippen LogP contribution in [0.15, 0.2) is 54.6 Å². The minimum absolute atomic E-state index is 0.603. The lowest BCUT2D eigenvalue weighted by Gasteiger charge is -2.36. The molecule has 19 heavy (non-hydrogen) atoms. The molecule has 90 valence electrons. The molecule has 0 unspecified atom stereocenters. The second kappa shape index (κ2) is 3.40. The van der Waals surface area contributed by atoms with E-state index in [1.54, 1.807) is 5.56 Å². The van der Waals surface area contributed by atoms with E-state index in [2.05, 4.69) is 77.2 Å². The number of halogens is 1. The molecule has 0 radical (unpaired) electrons. The Balaban J connectivity index is 1.90. The number of fused-ring (bicyclic) bond motifs is 6. The molecule has 0 aliphatic heterocycles. The van der Waals surface area contributed by atoms with Crippen molar-refractivity contribution in [3.05, 3.63) is 80.4 Å². The zero-order valence-electron chi connectivity index (χ0n) is 10.2. The maximum atomic E-state index is 2.42. The largest absolute Gasteiger partial charge is 0.0613 e. The zero-order valence-corrected chi connectivity index (χ0v) is 12.4. The minimum atomic E-state index is 0.603. The summed E-state index contributed by atoms with van der Waals surface area (Å²) in [4.78, 5) is 0. The van der Waals surface area contributed by atoms with Crippen LogP contribution >= 0.6 is 22.6 Å². The van der Waals surface area contributed by atoms with Gasteiger partial charge in [0.1, 0.15) is 0 Å². The highest BCUT2D eigenvalue weighted by atomic mass is 127. The van der Waals surface area contributed by atoms with Crippen molar-refractivity contribution in [2.75, 3.05) is 0 Å². The van der Waals surface area contributed by atoms with Crippen LogP contribution in [0.25, 0.3) is 10.8 Å². The van der Waals surface area contributed by atoms with E-state index in [0.29, 0.717) is 11.8 Å². The summed E-state index contributed by atoms with van der Waals surface area (Å²) in [5, 5.41) is 2.90. The summed E-state index contributed by atoms with van der Waals surface area (Å²) in [6.07, 6.45) is 0. The Morgan fingerprint density at radius 3 is 2.11 bits per heavy atom. The summed E-state index contributed by atoms with van der Waals surface area (Å²) in [6.45, 7) is 0. The van der Waals surface area contributed by atoms with Gasteiger partial charge in [-0.25, -0.2) is 0 Å². The molecule has 2 atom stereocenters. The van der Waals surface area contributed by atoms with Gasteiger partial charge in [0.05, 0.1) is 0 Å². The standard InChI is InChI=1S/C18H11I/c19-11-7-8-12-15(9-11)18-14-6-2-4-10-3-1-5-13(16(10)14)17(12)18/h1-9,17-18H/t17-,18-/m0/s1. The van der Waals surface area contributed by atoms with Crippen molar-refractivity contribution in [3.8, 4) is 0 Å². The number of hydrogen-bond acceptors (Lipinski definition) is 0. The van der Waals surface area contributed by atoms with Crippen molar-refractivity contribution in [2.24, 2.45) is 0 Å². The van der Waals surface area contributed by atoms with Crippen LogP contribution in [-0.2, 0) is 0 Å². The van der Waals surface area contributed by atoms with Gasteiger partial charge in [-0.15, -0.1) is 0 Å². The highest BCUT2D eigenvalue weighted by Gasteiger charge is 2.45. The lowest BCUT2D eigenvalue weighted by Crippen LogP contribution is -2.22. The average Bonchev–Trinajstić information content (AvgIpc) is 2.70. The molecule has 0 bridgehead atoms. The quantitative estimate of drug-likeness (QED) is 0.497. The minimum Gasteiger partial charge on any atom is -0.0613 e. The first-order valence-corrected chi connectivity index (χ1v) is 7.73. The molecule has 1 heteroatoms. The highest BCUT2D eigenvalue weighted by molar-refractivity contribution is 14.1. The molecule has 2 aliphatic carbocycles. The van der Waals surface area contributed by atoms with Crippen molar-refractivity contribution in [1.82, 2.24) is 0 Å². The topological polar surface area (TPSA) is 0 Å². The van der Waals surface area contributed by atoms with Gasteiger partial charge in [0, 0.05) is 15.4 Å². The number of hydrogen-bond donors (Lipinski definition) is 0. The van der Waals surface area contributed by atoms with Crippen LogP contribution in [0.3, 0.4) is 0 Å². The predicted molar refractivity (Wildman–Crippen MR) is 86.8 cm³/mol. The first-order chi connectivity index (χ1) is 9.34. The van der Waals surface area contributed by atoms with Crippen LogP contribution in [0.5, 0.6) is 0 Å². The molecule has 0 aromatic heterocycles. The van der Waals surface area contributed by atoms with E-state index in [9.17, 15) is 0 Å². The Kier molecular flexibility index (Phi) is 1.87. The summed E-state index contributed by atoms with van der Waals surface area (Å²) < 4.78 is 1.35. The van der Waals surface area contributed by atoms with Crippen LogP contribution in [0.4, 0.5) is 0 Å². The van der Waals surface area contributed by atoms with E-state index < -0.39 is 0 Å². The van der Waals surface area contributed by atoms with Crippen molar-refractivity contribution >= 4 is 33.4 Å². The molecule has 0 saturated heterocycles. The van der Waals surface area contributed by atoms with Crippen molar-refractivity contribution in [1.29, 1.82) is 0 Å². The van der Waals surface area contributed by atoms with Crippen LogP contribution in [0.2, 0.25) is 0 Å². The van der Waals surface area contributed by atoms with E-state index in [0.717, 1.165) is 0 Å². The number of benzene rings is 3. The van der Waals surface area contributed by atoms with Crippen LogP contribution < -0.4 is 0 Å². The summed E-state index contributed by atoms with van der Waals surface area (Å²) in [6, 6.07) is 20.4. The molecule has 0 N–H and O–H groups in total. The van der Waals surface area contributed by atoms with Gasteiger partial charge < -0.3 is 0 Å². The Bertz CT molecular complexity index is 842. The molecule has 3 aromatic rings. The second-order valence-corrected chi connectivity index (χ2v) is 6.77. The average molecular weight is 354 g/mol. The van der Waals surface area contributed by atoms with E-state index in [1.807, 2.05) is 0 Å². The fraction of sp³-hybridized carbons (Fsp3) is 0.111. The van der Waals surface area contributed by atoms with Crippen molar-refractivity contribution in [3.63, 3.8) is 0 Å². The van der Waals surface area contributed by atoms with Gasteiger partial charge in [0.15, 0.2) is 0 Å². The third-order valence-electron chi connectivity index (χ3n) is 4.69. The molecular weight excluding hydrogens is 343 g/mol. The Morgan fingerprint density at radius 1 is 0.684 bits per heavy atom. The maximum Gasteiger partial charge on any atom is 0.0209 e. The third kappa shape index (κ3) is 1.15. The van der Waals surface area contributed by atoms with Gasteiger partial charge in [-0.2, -0.15) is 0 Å². The molecule has 0 saturated carbocycles. The maximum absolute atomic E-state index is 2.42.